The molecule has 0 aromatic heterocycles. The molecule has 1 N–H and O–H groups in total. The number of aryl methyl sites for hydroxylation is 1. The number of nitrogens with zero attached hydrogens (tertiary/aromatic N) is 1. The van der Waals surface area contributed by atoms with Crippen molar-refractivity contribution in [3.05, 3.63) is 88.5 Å². The molecule has 1 heterocycles. The molecule has 2 aliphatic rings. The van der Waals surface area contributed by atoms with E-state index in [0.29, 0.717) is 17.9 Å². The average Bonchev–Trinajstić information content (AvgIpc) is 2.95. The summed E-state index contributed by atoms with van der Waals surface area (Å²) in [7, 11) is -0.390. The zero-order valence-corrected chi connectivity index (χ0v) is 24.0. The number of benzene rings is 3. The number of carbonyl (C=O) groups is 1. The highest BCUT2D eigenvalue weighted by Gasteiger charge is 2.38. The van der Waals surface area contributed by atoms with Crippen molar-refractivity contribution >= 4 is 21.7 Å². The number of fused-ring (bicyclic) bond motifs is 3. The van der Waals surface area contributed by atoms with Crippen molar-refractivity contribution in [1.82, 2.24) is 4.72 Å². The minimum absolute atomic E-state index is 0.0494. The van der Waals surface area contributed by atoms with Gasteiger partial charge in [0.15, 0.2) is 11.5 Å². The third-order valence-electron chi connectivity index (χ3n) is 7.63. The van der Waals surface area contributed by atoms with Gasteiger partial charge in [0.25, 0.3) is 0 Å². The topological polar surface area (TPSA) is 103 Å². The van der Waals surface area contributed by atoms with E-state index in [1.54, 1.807) is 38.5 Å². The highest BCUT2D eigenvalue weighted by molar-refractivity contribution is 7.89. The molecule has 210 valence electrons. The molecule has 0 bridgehead atoms. The Morgan fingerprint density at radius 3 is 2.30 bits per heavy atom. The number of ether oxygens (including phenoxy) is 3. The van der Waals surface area contributed by atoms with Crippen LogP contribution in [0.5, 0.6) is 11.5 Å². The lowest BCUT2D eigenvalue weighted by Gasteiger charge is -2.38. The van der Waals surface area contributed by atoms with E-state index in [4.69, 9.17) is 19.2 Å². The van der Waals surface area contributed by atoms with Crippen LogP contribution in [-0.2, 0) is 26.1 Å². The number of aliphatic imine (C=N–C) groups is 1. The summed E-state index contributed by atoms with van der Waals surface area (Å²) < 4.78 is 44.9. The Kier molecular flexibility index (Phi) is 7.96. The van der Waals surface area contributed by atoms with Crippen molar-refractivity contribution in [2.24, 2.45) is 4.99 Å². The Hall–Kier alpha value is -3.69. The van der Waals surface area contributed by atoms with E-state index in [2.05, 4.69) is 4.72 Å². The van der Waals surface area contributed by atoms with Crippen LogP contribution in [0.3, 0.4) is 0 Å². The summed E-state index contributed by atoms with van der Waals surface area (Å²) in [4.78, 5) is 17.1. The highest BCUT2D eigenvalue weighted by Crippen LogP contribution is 2.45. The van der Waals surface area contributed by atoms with Gasteiger partial charge in [0.2, 0.25) is 10.0 Å². The molecule has 0 saturated heterocycles. The lowest BCUT2D eigenvalue weighted by atomic mass is 9.74. The summed E-state index contributed by atoms with van der Waals surface area (Å²) in [6.45, 7) is 3.54. The van der Waals surface area contributed by atoms with Crippen LogP contribution in [0.4, 0.5) is 0 Å². The lowest BCUT2D eigenvalue weighted by Crippen LogP contribution is -2.36. The van der Waals surface area contributed by atoms with Crippen LogP contribution >= 0.6 is 0 Å². The Morgan fingerprint density at radius 1 is 0.975 bits per heavy atom. The zero-order valence-electron chi connectivity index (χ0n) is 23.1. The molecule has 3 aromatic rings. The summed E-state index contributed by atoms with van der Waals surface area (Å²) in [5.41, 5.74) is 5.67. The zero-order chi connectivity index (χ0) is 28.4. The molecule has 5 rings (SSSR count). The van der Waals surface area contributed by atoms with Crippen LogP contribution in [0.2, 0.25) is 0 Å². The minimum atomic E-state index is -3.62. The van der Waals surface area contributed by atoms with Crippen LogP contribution < -0.4 is 14.2 Å². The van der Waals surface area contributed by atoms with Gasteiger partial charge in [0.05, 0.1) is 30.9 Å². The van der Waals surface area contributed by atoms with E-state index < -0.39 is 10.0 Å². The van der Waals surface area contributed by atoms with Gasteiger partial charge in [-0.25, -0.2) is 13.1 Å². The van der Waals surface area contributed by atoms with Crippen molar-refractivity contribution in [3.8, 4) is 11.5 Å². The van der Waals surface area contributed by atoms with E-state index >= 15 is 0 Å². The maximum atomic E-state index is 12.7. The summed E-state index contributed by atoms with van der Waals surface area (Å²) in [6.07, 6.45) is 2.13. The van der Waals surface area contributed by atoms with E-state index in [0.717, 1.165) is 46.4 Å². The number of rotatable bonds is 8. The molecule has 0 amide bonds. The molecule has 3 aromatic carbocycles. The second-order valence-corrected chi connectivity index (χ2v) is 12.1. The molecular formula is C31H34N2O6S. The Bertz CT molecular complexity index is 1530. The average molecular weight is 563 g/mol. The fourth-order valence-corrected chi connectivity index (χ4v) is 6.60. The molecule has 1 aliphatic carbocycles. The van der Waals surface area contributed by atoms with Crippen molar-refractivity contribution in [1.29, 1.82) is 0 Å². The summed E-state index contributed by atoms with van der Waals surface area (Å²) >= 11 is 0. The standard InChI is InChI=1S/C31H34N2O6S/c1-19-5-12-24(13-6-19)40(35,36)32-18-21-7-9-22(10-8-21)31-27-17-30(38-4)29(37-3)16-25(27)26-15-23(39-20(2)34)11-14-28(26)33-31/h5-10,12-13,16-17,23,26,28,32H,11,14-15,18H2,1-4H3. The largest absolute Gasteiger partial charge is 0.493 e. The molecule has 1 saturated carbocycles. The van der Waals surface area contributed by atoms with Gasteiger partial charge in [-0.1, -0.05) is 42.0 Å². The number of hydrogen-bond acceptors (Lipinski definition) is 7. The normalized spacial score (nSPS) is 20.1. The molecule has 1 fully saturated rings. The van der Waals surface area contributed by atoms with Crippen LogP contribution in [0.25, 0.3) is 0 Å². The van der Waals surface area contributed by atoms with Gasteiger partial charge in [-0.3, -0.25) is 9.79 Å². The number of carbonyl (C=O) groups excluding carboxylic acids is 1. The van der Waals surface area contributed by atoms with Gasteiger partial charge in [-0.05, 0) is 61.6 Å². The molecule has 1 aliphatic heterocycles. The number of esters is 1. The number of nitrogens with one attached hydrogen (secondary N) is 1. The smallest absolute Gasteiger partial charge is 0.302 e. The molecule has 3 atom stereocenters. The van der Waals surface area contributed by atoms with Crippen molar-refractivity contribution in [2.75, 3.05) is 14.2 Å². The summed E-state index contributed by atoms with van der Waals surface area (Å²) in [5.74, 6) is 1.08. The Balaban J connectivity index is 1.42. The van der Waals surface area contributed by atoms with Crippen molar-refractivity contribution < 1.29 is 27.4 Å². The maximum absolute atomic E-state index is 12.7. The van der Waals surface area contributed by atoms with Crippen molar-refractivity contribution in [2.45, 2.75) is 62.6 Å². The van der Waals surface area contributed by atoms with E-state index in [1.165, 1.54) is 6.92 Å². The maximum Gasteiger partial charge on any atom is 0.302 e. The van der Waals surface area contributed by atoms with Gasteiger partial charge in [0.1, 0.15) is 6.10 Å². The summed E-state index contributed by atoms with van der Waals surface area (Å²) in [6, 6.07) is 18.6. The lowest BCUT2D eigenvalue weighted by molar-refractivity contribution is -0.148. The first-order chi connectivity index (χ1) is 19.2. The van der Waals surface area contributed by atoms with Crippen molar-refractivity contribution in [3.63, 3.8) is 0 Å². The fourth-order valence-electron chi connectivity index (χ4n) is 5.58. The van der Waals surface area contributed by atoms with Crippen LogP contribution in [-0.4, -0.2) is 46.5 Å². The first kappa shape index (κ1) is 27.9. The van der Waals surface area contributed by atoms with Gasteiger partial charge in [0, 0.05) is 30.5 Å². The molecule has 8 nitrogen and oxygen atoms in total. The molecular weight excluding hydrogens is 528 g/mol. The minimum Gasteiger partial charge on any atom is -0.493 e. The molecule has 0 spiro atoms. The van der Waals surface area contributed by atoms with E-state index in [-0.39, 0.29) is 35.5 Å². The van der Waals surface area contributed by atoms with Crippen LogP contribution in [0, 0.1) is 6.92 Å². The molecule has 0 radical (unpaired) electrons. The molecule has 40 heavy (non-hydrogen) atoms. The predicted octanol–water partition coefficient (Wildman–Crippen LogP) is 4.91. The number of hydrogen-bond donors (Lipinski definition) is 1. The third kappa shape index (κ3) is 5.76. The van der Waals surface area contributed by atoms with Gasteiger partial charge < -0.3 is 14.2 Å². The van der Waals surface area contributed by atoms with Gasteiger partial charge >= 0.3 is 5.97 Å². The second-order valence-electron chi connectivity index (χ2n) is 10.3. The predicted molar refractivity (Wildman–Crippen MR) is 153 cm³/mol. The third-order valence-corrected chi connectivity index (χ3v) is 9.05. The highest BCUT2D eigenvalue weighted by atomic mass is 32.2. The first-order valence-electron chi connectivity index (χ1n) is 13.4. The van der Waals surface area contributed by atoms with Crippen LogP contribution in [0.15, 0.2) is 70.6 Å². The molecule has 9 heteroatoms. The van der Waals surface area contributed by atoms with Gasteiger partial charge in [-0.2, -0.15) is 0 Å². The second kappa shape index (κ2) is 11.4. The first-order valence-corrected chi connectivity index (χ1v) is 14.8. The Labute approximate surface area is 235 Å². The van der Waals surface area contributed by atoms with E-state index in [1.807, 2.05) is 43.3 Å². The SMILES string of the molecule is COc1cc2c(cc1OC)C1CC(OC(C)=O)CCC1N=C2c1ccc(CNS(=O)(=O)c2ccc(C)cc2)cc1. The molecule has 3 unspecified atom stereocenters. The van der Waals surface area contributed by atoms with Crippen LogP contribution in [0.1, 0.15) is 59.9 Å². The number of sulfonamides is 1. The monoisotopic (exact) mass is 562 g/mol. The number of methoxy groups -OCH3 is 2. The quantitative estimate of drug-likeness (QED) is 0.392. The van der Waals surface area contributed by atoms with E-state index in [9.17, 15) is 13.2 Å². The summed E-state index contributed by atoms with van der Waals surface area (Å²) in [5, 5.41) is 0. The Morgan fingerprint density at radius 2 is 1.65 bits per heavy atom. The van der Waals surface area contributed by atoms with Gasteiger partial charge in [-0.15, -0.1) is 0 Å². The fraction of sp³-hybridized carbons (Fsp3) is 0.355.